The highest BCUT2D eigenvalue weighted by Crippen LogP contribution is 2.30. The Morgan fingerprint density at radius 3 is 1.25 bits per heavy atom. The lowest BCUT2D eigenvalue weighted by Gasteiger charge is -2.46. The maximum atomic E-state index is 13.3. The average molecular weight is 1180 g/mol. The van der Waals surface area contributed by atoms with Crippen molar-refractivity contribution in [2.24, 2.45) is 0 Å². The third-order valence-corrected chi connectivity index (χ3v) is 16.4. The van der Waals surface area contributed by atoms with Gasteiger partial charge in [0.15, 0.2) is 12.6 Å². The van der Waals surface area contributed by atoms with Crippen LogP contribution in [0.5, 0.6) is 0 Å². The van der Waals surface area contributed by atoms with E-state index in [-0.39, 0.29) is 18.9 Å². The smallest absolute Gasteiger partial charge is 0.220 e. The van der Waals surface area contributed by atoms with Gasteiger partial charge in [-0.2, -0.15) is 0 Å². The van der Waals surface area contributed by atoms with Crippen LogP contribution in [0.2, 0.25) is 0 Å². The zero-order valence-electron chi connectivity index (χ0n) is 52.4. The Morgan fingerprint density at radius 2 is 0.807 bits per heavy atom. The number of aliphatic hydroxyl groups excluding tert-OH is 8. The summed E-state index contributed by atoms with van der Waals surface area (Å²) in [5, 5.41) is 87.3. The lowest BCUT2D eigenvalue weighted by molar-refractivity contribution is -0.359. The van der Waals surface area contributed by atoms with Crippen molar-refractivity contribution < 1.29 is 64.6 Å². The number of hydrogen-bond acceptors (Lipinski definition) is 13. The summed E-state index contributed by atoms with van der Waals surface area (Å²) in [5.74, 6) is -0.251. The number of nitrogens with one attached hydrogen (secondary N) is 1. The summed E-state index contributed by atoms with van der Waals surface area (Å²) in [6.45, 7) is 2.78. The highest BCUT2D eigenvalue weighted by molar-refractivity contribution is 5.76. The summed E-state index contributed by atoms with van der Waals surface area (Å²) < 4.78 is 22.8. The Balaban J connectivity index is 1.67. The Bertz CT molecular complexity index is 1620. The first-order valence-electron chi connectivity index (χ1n) is 34.0. The van der Waals surface area contributed by atoms with Crippen molar-refractivity contribution in [3.05, 3.63) is 60.8 Å². The number of carbonyl (C=O) groups is 1. The van der Waals surface area contributed by atoms with Gasteiger partial charge < -0.3 is 65.1 Å². The predicted octanol–water partition coefficient (Wildman–Crippen LogP) is 13.3. The molecule has 0 aromatic carbocycles. The fraction of sp³-hybridized carbons (Fsp3) is 0.841. The molecule has 0 aromatic rings. The van der Waals surface area contributed by atoms with Crippen LogP contribution < -0.4 is 5.32 Å². The molecule has 2 fully saturated rings. The fourth-order valence-electron chi connectivity index (χ4n) is 10.9. The number of unbranched alkanes of at least 4 members (excludes halogenated alkanes) is 34. The van der Waals surface area contributed by atoms with Crippen LogP contribution in [0.25, 0.3) is 0 Å². The second-order valence-electron chi connectivity index (χ2n) is 23.9. The Morgan fingerprint density at radius 1 is 0.434 bits per heavy atom. The number of ether oxygens (including phenoxy) is 4. The number of aliphatic hydroxyl groups is 8. The maximum absolute atomic E-state index is 13.3. The summed E-state index contributed by atoms with van der Waals surface area (Å²) in [6, 6.07) is -0.939. The zero-order chi connectivity index (χ0) is 60.2. The van der Waals surface area contributed by atoms with Crippen LogP contribution in [0.4, 0.5) is 0 Å². The van der Waals surface area contributed by atoms with E-state index in [2.05, 4.69) is 67.8 Å². The summed E-state index contributed by atoms with van der Waals surface area (Å²) in [5.41, 5.74) is 0. The summed E-state index contributed by atoms with van der Waals surface area (Å²) in [4.78, 5) is 13.3. The molecule has 484 valence electrons. The standard InChI is InChI=1S/C69H125NO13/c1-3-5-7-9-11-13-15-17-19-21-23-24-25-26-27-28-29-30-31-32-33-34-35-37-39-41-43-45-47-49-51-53-61(74)70-57(58(73)52-50-48-46-44-42-40-38-36-22-20-18-16-14-12-10-8-6-4-2)56-80-68-66(79)64(77)67(60(55-72)82-68)83-69-65(78)63(76)62(75)59(54-71)81-69/h15,17,21-23,36,42,44,50,52,57-60,62-69,71-73,75-79H,3-14,16,18-20,24-35,37-41,43,45-49,51,53-56H2,1-2H3,(H,70,74)/b17-15-,23-21-,36-22+,44-42+,52-50+. The molecule has 0 bridgehead atoms. The number of carbonyl (C=O) groups excluding carboxylic acids is 1. The molecule has 0 aromatic heterocycles. The van der Waals surface area contributed by atoms with Crippen LogP contribution >= 0.6 is 0 Å². The van der Waals surface area contributed by atoms with Gasteiger partial charge >= 0.3 is 0 Å². The normalized spacial score (nSPS) is 24.2. The van der Waals surface area contributed by atoms with E-state index in [0.717, 1.165) is 51.4 Å². The second kappa shape index (κ2) is 53.9. The van der Waals surface area contributed by atoms with Gasteiger partial charge in [-0.15, -0.1) is 0 Å². The van der Waals surface area contributed by atoms with Gasteiger partial charge in [0.25, 0.3) is 0 Å². The highest BCUT2D eigenvalue weighted by Gasteiger charge is 2.51. The van der Waals surface area contributed by atoms with Gasteiger partial charge in [-0.05, 0) is 77.0 Å². The SMILES string of the molecule is CCCCCCC/C=C\C/C=C\CCCCCCCCCCCCCCCCCCCCCC(=O)NC(COC1OC(CO)C(OC2OC(CO)C(O)C(O)C2O)C(O)C1O)C(O)/C=C/CC/C=C/CC/C=C/CCCCCCCCCC. The molecule has 2 rings (SSSR count). The Kier molecular flexibility index (Phi) is 49.9. The van der Waals surface area contributed by atoms with Crippen molar-refractivity contribution in [3.63, 3.8) is 0 Å². The number of amides is 1. The third-order valence-electron chi connectivity index (χ3n) is 16.4. The van der Waals surface area contributed by atoms with Crippen molar-refractivity contribution in [2.75, 3.05) is 19.8 Å². The molecule has 2 aliphatic heterocycles. The average Bonchev–Trinajstić information content (AvgIpc) is 3.64. The minimum Gasteiger partial charge on any atom is -0.394 e. The van der Waals surface area contributed by atoms with Gasteiger partial charge in [-0.3, -0.25) is 4.79 Å². The molecule has 14 nitrogen and oxygen atoms in total. The summed E-state index contributed by atoms with van der Waals surface area (Å²) in [6.07, 6.45) is 54.2. The van der Waals surface area contributed by atoms with Gasteiger partial charge in [0.05, 0.1) is 32.0 Å². The van der Waals surface area contributed by atoms with E-state index < -0.39 is 86.8 Å². The molecule has 0 radical (unpaired) electrons. The molecule has 0 aliphatic carbocycles. The van der Waals surface area contributed by atoms with Crippen molar-refractivity contribution in [1.29, 1.82) is 0 Å². The van der Waals surface area contributed by atoms with E-state index in [1.54, 1.807) is 6.08 Å². The van der Waals surface area contributed by atoms with Crippen molar-refractivity contribution in [1.82, 2.24) is 5.32 Å². The molecule has 1 amide bonds. The molecular formula is C69H125NO13. The Labute approximate surface area is 505 Å². The Hall–Kier alpha value is -2.31. The van der Waals surface area contributed by atoms with Crippen molar-refractivity contribution >= 4 is 5.91 Å². The molecule has 2 heterocycles. The van der Waals surface area contributed by atoms with E-state index in [1.165, 1.54) is 193 Å². The van der Waals surface area contributed by atoms with Gasteiger partial charge in [-0.1, -0.05) is 254 Å². The minimum atomic E-state index is -1.79. The largest absolute Gasteiger partial charge is 0.394 e. The molecule has 9 N–H and O–H groups in total. The van der Waals surface area contributed by atoms with E-state index in [9.17, 15) is 45.6 Å². The lowest BCUT2D eigenvalue weighted by atomic mass is 9.97. The van der Waals surface area contributed by atoms with E-state index in [4.69, 9.17) is 18.9 Å². The van der Waals surface area contributed by atoms with Crippen LogP contribution in [0.15, 0.2) is 60.8 Å². The first-order chi connectivity index (χ1) is 40.6. The molecule has 2 saturated heterocycles. The van der Waals surface area contributed by atoms with Crippen LogP contribution in [-0.4, -0.2) is 140 Å². The van der Waals surface area contributed by atoms with Crippen molar-refractivity contribution in [3.8, 4) is 0 Å². The van der Waals surface area contributed by atoms with E-state index in [0.29, 0.717) is 12.8 Å². The van der Waals surface area contributed by atoms with E-state index in [1.807, 2.05) is 6.08 Å². The molecule has 0 spiro atoms. The molecular weight excluding hydrogens is 1050 g/mol. The third kappa shape index (κ3) is 38.6. The van der Waals surface area contributed by atoms with Gasteiger partial charge in [-0.25, -0.2) is 0 Å². The zero-order valence-corrected chi connectivity index (χ0v) is 52.4. The molecule has 2 aliphatic rings. The maximum Gasteiger partial charge on any atom is 0.220 e. The van der Waals surface area contributed by atoms with Crippen LogP contribution in [0.1, 0.15) is 277 Å². The number of rotatable bonds is 55. The quantitative estimate of drug-likeness (QED) is 0.0204. The molecule has 0 saturated carbocycles. The summed E-state index contributed by atoms with van der Waals surface area (Å²) >= 11 is 0. The van der Waals surface area contributed by atoms with E-state index >= 15 is 0 Å². The molecule has 14 heteroatoms. The predicted molar refractivity (Wildman–Crippen MR) is 337 cm³/mol. The van der Waals surface area contributed by atoms with Crippen LogP contribution in [-0.2, 0) is 23.7 Å². The second-order valence-corrected chi connectivity index (χ2v) is 23.9. The first-order valence-corrected chi connectivity index (χ1v) is 34.0. The van der Waals surface area contributed by atoms with Gasteiger partial charge in [0, 0.05) is 6.42 Å². The summed E-state index contributed by atoms with van der Waals surface area (Å²) in [7, 11) is 0. The first kappa shape index (κ1) is 76.8. The fourth-order valence-corrected chi connectivity index (χ4v) is 10.9. The van der Waals surface area contributed by atoms with Crippen LogP contribution in [0, 0.1) is 0 Å². The molecule has 83 heavy (non-hydrogen) atoms. The number of hydrogen-bond donors (Lipinski definition) is 9. The van der Waals surface area contributed by atoms with Gasteiger partial charge in [0.2, 0.25) is 5.91 Å². The highest BCUT2D eigenvalue weighted by atomic mass is 16.7. The van der Waals surface area contributed by atoms with Gasteiger partial charge in [0.1, 0.15) is 48.8 Å². The van der Waals surface area contributed by atoms with Crippen LogP contribution in [0.3, 0.4) is 0 Å². The minimum absolute atomic E-state index is 0.251. The lowest BCUT2D eigenvalue weighted by Crippen LogP contribution is -2.65. The monoisotopic (exact) mass is 1180 g/mol. The topological polar surface area (TPSA) is 228 Å². The molecule has 12 unspecified atom stereocenters. The number of allylic oxidation sites excluding steroid dienone is 9. The molecule has 12 atom stereocenters. The van der Waals surface area contributed by atoms with Crippen molar-refractivity contribution in [2.45, 2.75) is 351 Å².